The van der Waals surface area contributed by atoms with E-state index in [9.17, 15) is 18.0 Å². The van der Waals surface area contributed by atoms with Gasteiger partial charge in [0.05, 0.1) is 6.61 Å². The summed E-state index contributed by atoms with van der Waals surface area (Å²) in [4.78, 5) is 11.0. The van der Waals surface area contributed by atoms with Gasteiger partial charge in [-0.1, -0.05) is 13.8 Å². The zero-order valence-corrected chi connectivity index (χ0v) is 9.10. The van der Waals surface area contributed by atoms with Crippen LogP contribution in [0.4, 0.5) is 13.2 Å². The maximum atomic E-state index is 12.0. The van der Waals surface area contributed by atoms with Crippen molar-refractivity contribution in [2.75, 3.05) is 6.61 Å². The van der Waals surface area contributed by atoms with Crippen molar-refractivity contribution in [3.05, 3.63) is 0 Å². The van der Waals surface area contributed by atoms with E-state index in [1.165, 1.54) is 0 Å². The van der Waals surface area contributed by atoms with Gasteiger partial charge in [0.15, 0.2) is 5.38 Å². The third-order valence-electron chi connectivity index (χ3n) is 1.48. The van der Waals surface area contributed by atoms with Crippen molar-refractivity contribution in [2.24, 2.45) is 11.7 Å². The van der Waals surface area contributed by atoms with Crippen LogP contribution in [0.1, 0.15) is 13.8 Å². The summed E-state index contributed by atoms with van der Waals surface area (Å²) < 4.78 is 40.7. The number of alkyl halides is 4. The molecule has 15 heavy (non-hydrogen) atoms. The van der Waals surface area contributed by atoms with E-state index in [1.807, 2.05) is 0 Å². The lowest BCUT2D eigenvalue weighted by Gasteiger charge is -2.19. The molecule has 2 atom stereocenters. The number of hydrogen-bond donors (Lipinski definition) is 1. The smallest absolute Gasteiger partial charge is 0.405 e. The fourth-order valence-corrected chi connectivity index (χ4v) is 0.847. The van der Waals surface area contributed by atoms with Gasteiger partial charge in [0.1, 0.15) is 6.04 Å². The van der Waals surface area contributed by atoms with E-state index in [0.29, 0.717) is 0 Å². The largest absolute Gasteiger partial charge is 0.464 e. The summed E-state index contributed by atoms with van der Waals surface area (Å²) in [5.74, 6) is -1.12. The molecule has 90 valence electrons. The predicted molar refractivity (Wildman–Crippen MR) is 49.5 cm³/mol. The highest BCUT2D eigenvalue weighted by atomic mass is 35.5. The van der Waals surface area contributed by atoms with Crippen LogP contribution in [0.25, 0.3) is 0 Å². The third kappa shape index (κ3) is 5.22. The molecule has 0 spiro atoms. The third-order valence-corrected chi connectivity index (χ3v) is 1.93. The lowest BCUT2D eigenvalue weighted by Crippen LogP contribution is -2.48. The molecule has 0 aromatic carbocycles. The lowest BCUT2D eigenvalue weighted by atomic mass is 10.2. The Kier molecular flexibility index (Phi) is 5.37. The first-order chi connectivity index (χ1) is 6.66. The fraction of sp³-hybridized carbons (Fsp3) is 0.875. The van der Waals surface area contributed by atoms with Crippen LogP contribution in [0.3, 0.4) is 0 Å². The number of halogens is 4. The summed E-state index contributed by atoms with van der Waals surface area (Å²) in [5.41, 5.74) is 4.74. The van der Waals surface area contributed by atoms with Crippen LogP contribution in [0.2, 0.25) is 0 Å². The molecule has 0 radical (unpaired) electrons. The fourth-order valence-electron chi connectivity index (χ4n) is 0.641. The van der Waals surface area contributed by atoms with Crippen LogP contribution in [0, 0.1) is 5.92 Å². The van der Waals surface area contributed by atoms with Crippen molar-refractivity contribution in [2.45, 2.75) is 31.4 Å². The second-order valence-corrected chi connectivity index (χ2v) is 3.96. The molecule has 0 rings (SSSR count). The number of hydrogen-bond acceptors (Lipinski definition) is 3. The second kappa shape index (κ2) is 5.55. The molecule has 0 fully saturated rings. The van der Waals surface area contributed by atoms with Gasteiger partial charge >= 0.3 is 12.1 Å². The quantitative estimate of drug-likeness (QED) is 0.608. The minimum Gasteiger partial charge on any atom is -0.464 e. The molecule has 0 aliphatic carbocycles. The number of carbonyl (C=O) groups is 1. The highest BCUT2D eigenvalue weighted by molar-refractivity contribution is 6.30. The summed E-state index contributed by atoms with van der Waals surface area (Å²) in [6, 6.07) is -2.40. The second-order valence-electron chi connectivity index (χ2n) is 3.49. The molecular formula is C8H13ClF3NO2. The predicted octanol–water partition coefficient (Wildman–Crippen LogP) is 1.68. The van der Waals surface area contributed by atoms with Crippen molar-refractivity contribution in [1.29, 1.82) is 0 Å². The van der Waals surface area contributed by atoms with Gasteiger partial charge in [-0.05, 0) is 5.92 Å². The first-order valence-corrected chi connectivity index (χ1v) is 4.73. The van der Waals surface area contributed by atoms with Gasteiger partial charge in [-0.3, -0.25) is 4.79 Å². The summed E-state index contributed by atoms with van der Waals surface area (Å²) >= 11 is 5.23. The van der Waals surface area contributed by atoms with Crippen molar-refractivity contribution in [1.82, 2.24) is 0 Å². The molecule has 0 unspecified atom stereocenters. The molecule has 3 nitrogen and oxygen atoms in total. The van der Waals surface area contributed by atoms with Crippen LogP contribution >= 0.6 is 11.6 Å². The number of ether oxygens (including phenoxy) is 1. The number of carbonyl (C=O) groups excluding carboxylic acids is 1. The Balaban J connectivity index is 4.20. The zero-order chi connectivity index (χ0) is 12.2. The van der Waals surface area contributed by atoms with Crippen LogP contribution < -0.4 is 5.73 Å². The Bertz CT molecular complexity index is 220. The van der Waals surface area contributed by atoms with E-state index in [4.69, 9.17) is 17.3 Å². The summed E-state index contributed by atoms with van der Waals surface area (Å²) in [5, 5.41) is -1.90. The van der Waals surface area contributed by atoms with E-state index >= 15 is 0 Å². The van der Waals surface area contributed by atoms with Crippen molar-refractivity contribution in [3.8, 4) is 0 Å². The minimum atomic E-state index is -4.71. The lowest BCUT2D eigenvalue weighted by molar-refractivity contribution is -0.163. The molecule has 0 aromatic heterocycles. The van der Waals surface area contributed by atoms with Gasteiger partial charge in [0, 0.05) is 0 Å². The summed E-state index contributed by atoms with van der Waals surface area (Å²) in [6.07, 6.45) is -4.71. The van der Waals surface area contributed by atoms with Gasteiger partial charge in [-0.15, -0.1) is 11.6 Å². The maximum Gasteiger partial charge on any atom is 0.405 e. The van der Waals surface area contributed by atoms with E-state index in [-0.39, 0.29) is 12.5 Å². The molecule has 2 N–H and O–H groups in total. The van der Waals surface area contributed by atoms with Gasteiger partial charge in [-0.25, -0.2) is 0 Å². The molecule has 0 saturated heterocycles. The molecular weight excluding hydrogens is 235 g/mol. The Morgan fingerprint density at radius 1 is 1.47 bits per heavy atom. The monoisotopic (exact) mass is 247 g/mol. The zero-order valence-electron chi connectivity index (χ0n) is 8.34. The number of esters is 1. The van der Waals surface area contributed by atoms with Gasteiger partial charge in [0.2, 0.25) is 0 Å². The Morgan fingerprint density at radius 3 is 2.27 bits per heavy atom. The summed E-state index contributed by atoms with van der Waals surface area (Å²) in [7, 11) is 0. The van der Waals surface area contributed by atoms with Crippen LogP contribution in [-0.2, 0) is 9.53 Å². The summed E-state index contributed by atoms with van der Waals surface area (Å²) in [6.45, 7) is 3.52. The molecule has 0 aromatic rings. The van der Waals surface area contributed by atoms with Crippen LogP contribution in [0.5, 0.6) is 0 Å². The van der Waals surface area contributed by atoms with Crippen molar-refractivity contribution in [3.63, 3.8) is 0 Å². The van der Waals surface area contributed by atoms with E-state index in [1.54, 1.807) is 13.8 Å². The molecule has 0 aliphatic rings. The number of nitrogens with two attached hydrogens (primary N) is 1. The first-order valence-electron chi connectivity index (χ1n) is 4.29. The first kappa shape index (κ1) is 14.5. The molecule has 0 saturated carbocycles. The van der Waals surface area contributed by atoms with Gasteiger partial charge in [0.25, 0.3) is 0 Å². The highest BCUT2D eigenvalue weighted by Gasteiger charge is 2.45. The van der Waals surface area contributed by atoms with Crippen molar-refractivity contribution >= 4 is 17.6 Å². The average molecular weight is 248 g/mol. The van der Waals surface area contributed by atoms with E-state index < -0.39 is 23.6 Å². The standard InChI is InChI=1S/C8H13ClF3NO2/c1-4(2)3-15-7(14)5(9)6(13)8(10,11)12/h4-6H,3,13H2,1-2H3/t5-,6+/m1/s1. The number of rotatable bonds is 4. The Morgan fingerprint density at radius 2 is 1.93 bits per heavy atom. The molecule has 0 aliphatic heterocycles. The van der Waals surface area contributed by atoms with Gasteiger partial charge < -0.3 is 10.5 Å². The van der Waals surface area contributed by atoms with Crippen LogP contribution in [-0.4, -0.2) is 30.2 Å². The van der Waals surface area contributed by atoms with E-state index in [2.05, 4.69) is 4.74 Å². The normalized spacial score (nSPS) is 16.3. The SMILES string of the molecule is CC(C)COC(=O)[C@H](Cl)[C@H](N)C(F)(F)F. The molecule has 0 bridgehead atoms. The molecule has 7 heteroatoms. The van der Waals surface area contributed by atoms with E-state index in [0.717, 1.165) is 0 Å². The molecule has 0 heterocycles. The molecule has 0 amide bonds. The average Bonchev–Trinajstić information content (AvgIpc) is 2.10. The van der Waals surface area contributed by atoms with Gasteiger partial charge in [-0.2, -0.15) is 13.2 Å². The Hall–Kier alpha value is -0.490. The maximum absolute atomic E-state index is 12.0. The topological polar surface area (TPSA) is 52.3 Å². The highest BCUT2D eigenvalue weighted by Crippen LogP contribution is 2.24. The Labute approximate surface area is 90.7 Å². The minimum absolute atomic E-state index is 0.0205. The van der Waals surface area contributed by atoms with Crippen molar-refractivity contribution < 1.29 is 22.7 Å². The van der Waals surface area contributed by atoms with Crippen LogP contribution in [0.15, 0.2) is 0 Å².